The number of benzene rings is 3. The molecule has 1 heterocycles. The highest BCUT2D eigenvalue weighted by Gasteiger charge is 2.45. The van der Waals surface area contributed by atoms with Crippen LogP contribution in [-0.2, 0) is 14.2 Å². The van der Waals surface area contributed by atoms with Crippen LogP contribution in [0.4, 0.5) is 0 Å². The Labute approximate surface area is 271 Å². The molecule has 1 aliphatic rings. The number of ether oxygens (including phenoxy) is 6. The van der Waals surface area contributed by atoms with Crippen LogP contribution < -0.4 is 30.1 Å². The summed E-state index contributed by atoms with van der Waals surface area (Å²) < 4.78 is 36.8. The van der Waals surface area contributed by atoms with Crippen molar-refractivity contribution in [1.82, 2.24) is 0 Å². The van der Waals surface area contributed by atoms with Crippen LogP contribution >= 0.6 is 15.8 Å². The molecule has 1 atom stereocenters. The Morgan fingerprint density at radius 3 is 1.67 bits per heavy atom. The molecule has 0 spiro atoms. The van der Waals surface area contributed by atoms with E-state index >= 15 is 0 Å². The Balaban J connectivity index is 1.95. The molecule has 0 aliphatic carbocycles. The zero-order valence-corrected chi connectivity index (χ0v) is 29.3. The Kier molecular flexibility index (Phi) is 12.3. The Bertz CT molecular complexity index is 1440. The molecule has 0 saturated carbocycles. The molecule has 4 rings (SSSR count). The van der Waals surface area contributed by atoms with E-state index in [0.29, 0.717) is 13.2 Å². The smallest absolute Gasteiger partial charge is 0.162 e. The van der Waals surface area contributed by atoms with Gasteiger partial charge in [0.05, 0.1) is 41.7 Å². The molecule has 6 nitrogen and oxygen atoms in total. The topological polar surface area (TPSA) is 55.4 Å². The first-order valence-corrected chi connectivity index (χ1v) is 18.1. The summed E-state index contributed by atoms with van der Waals surface area (Å²) in [6.07, 6.45) is 7.47. The molecule has 0 amide bonds. The van der Waals surface area contributed by atoms with E-state index in [1.807, 2.05) is 75.4 Å². The van der Waals surface area contributed by atoms with Crippen molar-refractivity contribution in [3.8, 4) is 17.2 Å². The predicted octanol–water partition coefficient (Wildman–Crippen LogP) is 7.34. The predicted molar refractivity (Wildman–Crippen MR) is 189 cm³/mol. The second-order valence-electron chi connectivity index (χ2n) is 11.3. The van der Waals surface area contributed by atoms with Crippen molar-refractivity contribution in [1.29, 1.82) is 0 Å². The van der Waals surface area contributed by atoms with E-state index in [9.17, 15) is 0 Å². The van der Waals surface area contributed by atoms with Crippen LogP contribution in [0.2, 0.25) is 0 Å². The largest absolute Gasteiger partial charge is 0.496 e. The lowest BCUT2D eigenvalue weighted by Gasteiger charge is -2.47. The van der Waals surface area contributed by atoms with Gasteiger partial charge in [0.1, 0.15) is 23.0 Å². The van der Waals surface area contributed by atoms with Gasteiger partial charge in [-0.2, -0.15) is 0 Å². The van der Waals surface area contributed by atoms with Crippen LogP contribution in [0.5, 0.6) is 17.2 Å². The molecule has 1 saturated heterocycles. The Morgan fingerprint density at radius 1 is 0.756 bits per heavy atom. The maximum absolute atomic E-state index is 6.53. The summed E-state index contributed by atoms with van der Waals surface area (Å²) in [4.78, 5) is 0. The summed E-state index contributed by atoms with van der Waals surface area (Å²) in [7, 11) is 4.86. The van der Waals surface area contributed by atoms with E-state index in [2.05, 4.69) is 43.0 Å². The maximum atomic E-state index is 6.53. The second-order valence-corrected chi connectivity index (χ2v) is 15.6. The van der Waals surface area contributed by atoms with Gasteiger partial charge in [0.15, 0.2) is 5.79 Å². The maximum Gasteiger partial charge on any atom is 0.162 e. The van der Waals surface area contributed by atoms with Crippen LogP contribution in [0.1, 0.15) is 20.8 Å². The van der Waals surface area contributed by atoms with Crippen molar-refractivity contribution in [2.24, 2.45) is 5.41 Å². The van der Waals surface area contributed by atoms with Crippen LogP contribution in [0.15, 0.2) is 109 Å². The summed E-state index contributed by atoms with van der Waals surface area (Å²) in [5.41, 5.74) is -0.390. The zero-order valence-electron chi connectivity index (χ0n) is 27.5. The number of allylic oxidation sites excluding steroid dienone is 4. The highest BCUT2D eigenvalue weighted by Crippen LogP contribution is 2.56. The molecule has 3 aromatic carbocycles. The molecule has 0 radical (unpaired) electrons. The van der Waals surface area contributed by atoms with Gasteiger partial charge >= 0.3 is 0 Å². The minimum atomic E-state index is -1.05. The fraction of sp³-hybridized carbons (Fsp3) is 0.351. The van der Waals surface area contributed by atoms with Gasteiger partial charge in [0.25, 0.3) is 0 Å². The SMILES string of the molecule is C=C/C(=C(\C=C/C)OC)P(CC1(CP(c2ccccc2OC)c2ccccc2OC)COC(C)(C)OC1)c1ccccc1OC. The van der Waals surface area contributed by atoms with Gasteiger partial charge in [0.2, 0.25) is 0 Å². The van der Waals surface area contributed by atoms with Crippen molar-refractivity contribution in [3.05, 3.63) is 109 Å². The van der Waals surface area contributed by atoms with Crippen LogP contribution in [0.25, 0.3) is 0 Å². The van der Waals surface area contributed by atoms with E-state index in [4.69, 9.17) is 28.4 Å². The minimum absolute atomic E-state index is 0.390. The average molecular weight is 649 g/mol. The first kappa shape index (κ1) is 34.7. The molecule has 240 valence electrons. The highest BCUT2D eigenvalue weighted by atomic mass is 31.1. The average Bonchev–Trinajstić information content (AvgIpc) is 3.07. The minimum Gasteiger partial charge on any atom is -0.496 e. The molecule has 0 N–H and O–H groups in total. The third-order valence-electron chi connectivity index (χ3n) is 7.84. The van der Waals surface area contributed by atoms with Crippen LogP contribution in [-0.4, -0.2) is 59.8 Å². The molecule has 1 unspecified atom stereocenters. The molecule has 3 aromatic rings. The van der Waals surface area contributed by atoms with Crippen molar-refractivity contribution in [2.45, 2.75) is 26.6 Å². The van der Waals surface area contributed by atoms with E-state index in [-0.39, 0.29) is 0 Å². The van der Waals surface area contributed by atoms with E-state index < -0.39 is 27.0 Å². The third-order valence-corrected chi connectivity index (χ3v) is 13.7. The zero-order chi connectivity index (χ0) is 32.5. The standard InChI is InChI=1S/C37H46O6P2/c1-9-17-28(38-5)32(10-2)44(33-21-14-11-18-29(33)39-6)26-37(24-42-36(3,4)43-25-37)27-45(34-22-15-12-19-30(34)40-7)35-23-16-13-20-31(35)41-8/h9-23H,2,24-27H2,1,3-8H3/b17-9-,32-28-. The lowest BCUT2D eigenvalue weighted by molar-refractivity contribution is -0.277. The van der Waals surface area contributed by atoms with E-state index in [1.54, 1.807) is 28.4 Å². The van der Waals surface area contributed by atoms with Gasteiger partial charge in [-0.15, -0.1) is 0 Å². The van der Waals surface area contributed by atoms with Crippen molar-refractivity contribution < 1.29 is 28.4 Å². The Morgan fingerprint density at radius 2 is 1.22 bits per heavy atom. The first-order chi connectivity index (χ1) is 21.7. The molecule has 0 aromatic heterocycles. The lowest BCUT2D eigenvalue weighted by atomic mass is 9.94. The third kappa shape index (κ3) is 8.18. The van der Waals surface area contributed by atoms with Crippen LogP contribution in [0, 0.1) is 5.41 Å². The van der Waals surface area contributed by atoms with Gasteiger partial charge in [-0.1, -0.05) is 73.3 Å². The summed E-state index contributed by atoms with van der Waals surface area (Å²) in [5.74, 6) is 2.65. The molecule has 8 heteroatoms. The quantitative estimate of drug-likeness (QED) is 0.104. The van der Waals surface area contributed by atoms with Crippen molar-refractivity contribution >= 4 is 31.8 Å². The normalized spacial score (nSPS) is 17.0. The number of hydrogen-bond donors (Lipinski definition) is 0. The van der Waals surface area contributed by atoms with E-state index in [1.165, 1.54) is 0 Å². The van der Waals surface area contributed by atoms with Gasteiger partial charge in [-0.25, -0.2) is 0 Å². The fourth-order valence-corrected chi connectivity index (χ4v) is 11.6. The first-order valence-electron chi connectivity index (χ1n) is 15.0. The fourth-order valence-electron chi connectivity index (χ4n) is 5.55. The number of hydrogen-bond acceptors (Lipinski definition) is 6. The monoisotopic (exact) mass is 648 g/mol. The van der Waals surface area contributed by atoms with Gasteiger partial charge in [-0.05, 0) is 73.2 Å². The molecule has 1 fully saturated rings. The van der Waals surface area contributed by atoms with Crippen molar-refractivity contribution in [3.63, 3.8) is 0 Å². The second kappa shape index (κ2) is 15.9. The summed E-state index contributed by atoms with van der Waals surface area (Å²) in [5, 5.41) is 4.46. The number of rotatable bonds is 14. The van der Waals surface area contributed by atoms with Gasteiger partial charge in [0, 0.05) is 26.6 Å². The molecule has 1 aliphatic heterocycles. The number of methoxy groups -OCH3 is 4. The molecular weight excluding hydrogens is 602 g/mol. The highest BCUT2D eigenvalue weighted by molar-refractivity contribution is 7.73. The van der Waals surface area contributed by atoms with Crippen molar-refractivity contribution in [2.75, 3.05) is 54.0 Å². The summed E-state index contributed by atoms with van der Waals surface area (Å²) in [6.45, 7) is 11.3. The number of para-hydroxylation sites is 3. The molecule has 0 bridgehead atoms. The lowest BCUT2D eigenvalue weighted by Crippen LogP contribution is -2.51. The van der Waals surface area contributed by atoms with Gasteiger partial charge in [-0.3, -0.25) is 0 Å². The van der Waals surface area contributed by atoms with Gasteiger partial charge < -0.3 is 28.4 Å². The summed E-state index contributed by atoms with van der Waals surface area (Å²) >= 11 is 0. The Hall–Kier alpha value is -3.14. The molecular formula is C37H46O6P2. The molecule has 45 heavy (non-hydrogen) atoms. The summed E-state index contributed by atoms with van der Waals surface area (Å²) in [6, 6.07) is 24.8. The van der Waals surface area contributed by atoms with Crippen LogP contribution in [0.3, 0.4) is 0 Å². The van der Waals surface area contributed by atoms with E-state index in [0.717, 1.165) is 56.6 Å².